The van der Waals surface area contributed by atoms with Crippen molar-refractivity contribution >= 4 is 43.6 Å². The first-order chi connectivity index (χ1) is 25.0. The Morgan fingerprint density at radius 3 is 1.55 bits per heavy atom. The standard InChI is InChI=1S/C47H30N4/c1-47(2)38-15-7-3-11-33(38)36-21-24-44-45(46(36)47)37-14-6-10-18-43(37)51(44)40-23-20-30(26-32(40)28-49)29-19-22-39(31(25-29)27-48)50-41-16-8-4-12-34(41)35-13-5-9-17-42(35)50/h3-26H,1-2H3. The van der Waals surface area contributed by atoms with E-state index in [0.29, 0.717) is 11.1 Å². The molecule has 0 atom stereocenters. The second-order valence-corrected chi connectivity index (χ2v) is 14.0. The molecule has 51 heavy (non-hydrogen) atoms. The molecule has 2 aromatic heterocycles. The first-order valence-electron chi connectivity index (χ1n) is 17.2. The Labute approximate surface area is 295 Å². The minimum Gasteiger partial charge on any atom is -0.308 e. The zero-order valence-corrected chi connectivity index (χ0v) is 28.1. The van der Waals surface area contributed by atoms with Crippen LogP contribution < -0.4 is 0 Å². The van der Waals surface area contributed by atoms with E-state index in [-0.39, 0.29) is 5.41 Å². The van der Waals surface area contributed by atoms with Crippen LogP contribution in [0.3, 0.4) is 0 Å². The van der Waals surface area contributed by atoms with E-state index in [9.17, 15) is 10.5 Å². The van der Waals surface area contributed by atoms with Crippen LogP contribution in [0.25, 0.3) is 77.2 Å². The van der Waals surface area contributed by atoms with Crippen molar-refractivity contribution in [2.24, 2.45) is 0 Å². The lowest BCUT2D eigenvalue weighted by Gasteiger charge is -2.22. The van der Waals surface area contributed by atoms with Crippen molar-refractivity contribution < 1.29 is 0 Å². The average molecular weight is 651 g/mol. The molecule has 0 saturated carbocycles. The topological polar surface area (TPSA) is 57.4 Å². The molecule has 0 saturated heterocycles. The molecular formula is C47H30N4. The van der Waals surface area contributed by atoms with Gasteiger partial charge in [-0.3, -0.25) is 0 Å². The maximum atomic E-state index is 10.6. The summed E-state index contributed by atoms with van der Waals surface area (Å²) in [5.74, 6) is 0. The number of rotatable bonds is 3. The van der Waals surface area contributed by atoms with Gasteiger partial charge >= 0.3 is 0 Å². The highest BCUT2D eigenvalue weighted by Crippen LogP contribution is 2.53. The molecule has 9 aromatic rings. The number of nitrogens with zero attached hydrogens (tertiary/aromatic N) is 4. The predicted octanol–water partition coefficient (Wildman–Crippen LogP) is 11.6. The van der Waals surface area contributed by atoms with Gasteiger partial charge < -0.3 is 9.13 Å². The highest BCUT2D eigenvalue weighted by molar-refractivity contribution is 6.14. The molecule has 7 aromatic carbocycles. The molecule has 4 heteroatoms. The molecule has 0 spiro atoms. The Bertz CT molecular complexity index is 2980. The highest BCUT2D eigenvalue weighted by Gasteiger charge is 2.38. The summed E-state index contributed by atoms with van der Waals surface area (Å²) in [4.78, 5) is 0. The van der Waals surface area contributed by atoms with Gasteiger partial charge in [0.15, 0.2) is 0 Å². The van der Waals surface area contributed by atoms with Crippen LogP contribution in [0.5, 0.6) is 0 Å². The van der Waals surface area contributed by atoms with Crippen LogP contribution in [0.1, 0.15) is 36.1 Å². The van der Waals surface area contributed by atoms with Gasteiger partial charge in [-0.1, -0.05) is 111 Å². The monoisotopic (exact) mass is 650 g/mol. The van der Waals surface area contributed by atoms with E-state index < -0.39 is 0 Å². The quantitative estimate of drug-likeness (QED) is 0.191. The van der Waals surface area contributed by atoms with E-state index >= 15 is 0 Å². The fourth-order valence-corrected chi connectivity index (χ4v) is 8.77. The summed E-state index contributed by atoms with van der Waals surface area (Å²) < 4.78 is 4.42. The summed E-state index contributed by atoms with van der Waals surface area (Å²) in [6.07, 6.45) is 0. The Hall–Kier alpha value is -6.88. The number of benzene rings is 7. The maximum Gasteiger partial charge on any atom is 0.101 e. The van der Waals surface area contributed by atoms with E-state index in [4.69, 9.17) is 0 Å². The van der Waals surface area contributed by atoms with Crippen molar-refractivity contribution in [2.45, 2.75) is 19.3 Å². The number of aromatic nitrogens is 2. The maximum absolute atomic E-state index is 10.6. The molecule has 0 N–H and O–H groups in total. The van der Waals surface area contributed by atoms with Crippen LogP contribution in [0.4, 0.5) is 0 Å². The van der Waals surface area contributed by atoms with E-state index in [0.717, 1.165) is 55.3 Å². The van der Waals surface area contributed by atoms with Crippen LogP contribution in [0, 0.1) is 22.7 Å². The lowest BCUT2D eigenvalue weighted by atomic mass is 9.80. The van der Waals surface area contributed by atoms with Crippen molar-refractivity contribution in [3.8, 4) is 45.8 Å². The summed E-state index contributed by atoms with van der Waals surface area (Å²) in [5, 5.41) is 25.8. The summed E-state index contributed by atoms with van der Waals surface area (Å²) in [6, 6.07) is 55.5. The van der Waals surface area contributed by atoms with Gasteiger partial charge in [-0.05, 0) is 81.9 Å². The van der Waals surface area contributed by atoms with Crippen molar-refractivity contribution in [3.63, 3.8) is 0 Å². The molecule has 0 fully saturated rings. The summed E-state index contributed by atoms with van der Waals surface area (Å²) >= 11 is 0. The molecule has 2 heterocycles. The second kappa shape index (κ2) is 10.6. The molecule has 1 aliphatic rings. The van der Waals surface area contributed by atoms with E-state index in [1.165, 1.54) is 33.0 Å². The molecule has 0 amide bonds. The Morgan fingerprint density at radius 1 is 0.471 bits per heavy atom. The largest absolute Gasteiger partial charge is 0.308 e. The normalized spacial score (nSPS) is 13.0. The minimum atomic E-state index is -0.174. The number of nitriles is 2. The summed E-state index contributed by atoms with van der Waals surface area (Å²) in [7, 11) is 0. The fourth-order valence-electron chi connectivity index (χ4n) is 8.77. The van der Waals surface area contributed by atoms with Gasteiger partial charge in [0.05, 0.1) is 44.6 Å². The van der Waals surface area contributed by atoms with Crippen LogP contribution >= 0.6 is 0 Å². The van der Waals surface area contributed by atoms with Crippen molar-refractivity contribution in [1.29, 1.82) is 10.5 Å². The van der Waals surface area contributed by atoms with Crippen molar-refractivity contribution in [1.82, 2.24) is 9.13 Å². The van der Waals surface area contributed by atoms with Crippen LogP contribution in [0.2, 0.25) is 0 Å². The molecule has 0 radical (unpaired) electrons. The SMILES string of the molecule is CC1(C)c2ccccc2-c2ccc3c(c21)c1ccccc1n3-c1ccc(-c2ccc(-n3c4ccccc4c4ccccc43)c(C#N)c2)cc1C#N. The van der Waals surface area contributed by atoms with Gasteiger partial charge in [-0.2, -0.15) is 10.5 Å². The molecule has 10 rings (SSSR count). The minimum absolute atomic E-state index is 0.174. The lowest BCUT2D eigenvalue weighted by molar-refractivity contribution is 0.666. The number of fused-ring (bicyclic) bond motifs is 10. The Kier molecular flexibility index (Phi) is 6.02. The zero-order valence-electron chi connectivity index (χ0n) is 28.1. The van der Waals surface area contributed by atoms with Crippen molar-refractivity contribution in [3.05, 3.63) is 168 Å². The van der Waals surface area contributed by atoms with Gasteiger partial charge in [0, 0.05) is 27.0 Å². The van der Waals surface area contributed by atoms with E-state index in [1.807, 2.05) is 30.3 Å². The van der Waals surface area contributed by atoms with E-state index in [2.05, 4.69) is 150 Å². The second-order valence-electron chi connectivity index (χ2n) is 14.0. The van der Waals surface area contributed by atoms with Gasteiger partial charge in [-0.25, -0.2) is 0 Å². The summed E-state index contributed by atoms with van der Waals surface area (Å²) in [5.41, 5.74) is 13.9. The summed E-state index contributed by atoms with van der Waals surface area (Å²) in [6.45, 7) is 4.64. The number of hydrogen-bond acceptors (Lipinski definition) is 2. The molecule has 0 aliphatic heterocycles. The molecule has 1 aliphatic carbocycles. The third kappa shape index (κ3) is 3.93. The predicted molar refractivity (Wildman–Crippen MR) is 208 cm³/mol. The van der Waals surface area contributed by atoms with Gasteiger partial charge in [-0.15, -0.1) is 0 Å². The zero-order chi connectivity index (χ0) is 34.4. The van der Waals surface area contributed by atoms with E-state index in [1.54, 1.807) is 0 Å². The third-order valence-corrected chi connectivity index (χ3v) is 11.0. The fraction of sp³-hybridized carbons (Fsp3) is 0.0638. The molecule has 0 bridgehead atoms. The Morgan fingerprint density at radius 2 is 0.961 bits per heavy atom. The number of para-hydroxylation sites is 3. The van der Waals surface area contributed by atoms with Gasteiger partial charge in [0.1, 0.15) is 12.1 Å². The molecular weight excluding hydrogens is 621 g/mol. The number of hydrogen-bond donors (Lipinski definition) is 0. The van der Waals surface area contributed by atoms with Crippen LogP contribution in [-0.2, 0) is 5.41 Å². The first-order valence-corrected chi connectivity index (χ1v) is 17.2. The van der Waals surface area contributed by atoms with Gasteiger partial charge in [0.2, 0.25) is 0 Å². The smallest absolute Gasteiger partial charge is 0.101 e. The molecule has 4 nitrogen and oxygen atoms in total. The first kappa shape index (κ1) is 29.1. The van der Waals surface area contributed by atoms with Crippen LogP contribution in [-0.4, -0.2) is 9.13 Å². The van der Waals surface area contributed by atoms with Gasteiger partial charge in [0.25, 0.3) is 0 Å². The van der Waals surface area contributed by atoms with Crippen LogP contribution in [0.15, 0.2) is 146 Å². The average Bonchev–Trinajstić information content (AvgIpc) is 3.77. The molecule has 238 valence electrons. The Balaban J connectivity index is 1.14. The third-order valence-electron chi connectivity index (χ3n) is 11.0. The lowest BCUT2D eigenvalue weighted by Crippen LogP contribution is -2.15. The van der Waals surface area contributed by atoms with Crippen molar-refractivity contribution in [2.75, 3.05) is 0 Å². The molecule has 0 unspecified atom stereocenters. The highest BCUT2D eigenvalue weighted by atomic mass is 15.0.